The predicted molar refractivity (Wildman–Crippen MR) is 93.9 cm³/mol. The molecule has 4 rings (SSSR count). The van der Waals surface area contributed by atoms with E-state index >= 15 is 0 Å². The maximum absolute atomic E-state index is 11.9. The molecule has 1 saturated heterocycles. The first-order chi connectivity index (χ1) is 11.8. The van der Waals surface area contributed by atoms with Crippen LogP contribution in [0.3, 0.4) is 0 Å². The predicted octanol–water partition coefficient (Wildman–Crippen LogP) is 4.63. The maximum Gasteiger partial charge on any atom is 0.202 e. The molecular weight excluding hydrogens is 300 g/mol. The lowest BCUT2D eigenvalue weighted by atomic mass is 9.57. The van der Waals surface area contributed by atoms with E-state index in [0.717, 1.165) is 31.2 Å². The van der Waals surface area contributed by atoms with Crippen LogP contribution in [0.2, 0.25) is 0 Å². The van der Waals surface area contributed by atoms with E-state index in [1.807, 2.05) is 6.07 Å². The van der Waals surface area contributed by atoms with E-state index in [1.165, 1.54) is 44.1 Å². The molecule has 1 heterocycles. The molecule has 0 amide bonds. The highest BCUT2D eigenvalue weighted by Crippen LogP contribution is 2.60. The topological polar surface area (TPSA) is 38.7 Å². The second-order valence-corrected chi connectivity index (χ2v) is 7.72. The van der Waals surface area contributed by atoms with Crippen molar-refractivity contribution >= 4 is 0 Å². The molecule has 1 aromatic rings. The van der Waals surface area contributed by atoms with Crippen molar-refractivity contribution in [3.05, 3.63) is 35.4 Å². The minimum absolute atomic E-state index is 0.145. The smallest absolute Gasteiger partial charge is 0.202 e. The fourth-order valence-corrected chi connectivity index (χ4v) is 5.04. The first-order valence-corrected chi connectivity index (χ1v) is 9.88. The van der Waals surface area contributed by atoms with E-state index in [4.69, 9.17) is 9.47 Å². The van der Waals surface area contributed by atoms with Gasteiger partial charge >= 0.3 is 0 Å². The van der Waals surface area contributed by atoms with E-state index in [1.54, 1.807) is 0 Å². The van der Waals surface area contributed by atoms with Crippen molar-refractivity contribution < 1.29 is 14.6 Å². The van der Waals surface area contributed by atoms with Gasteiger partial charge in [0.25, 0.3) is 0 Å². The average molecular weight is 330 g/mol. The Morgan fingerprint density at radius 3 is 2.29 bits per heavy atom. The zero-order chi connectivity index (χ0) is 16.5. The quantitative estimate of drug-likeness (QED) is 0.754. The van der Waals surface area contributed by atoms with Crippen molar-refractivity contribution in [3.63, 3.8) is 0 Å². The molecule has 24 heavy (non-hydrogen) atoms. The van der Waals surface area contributed by atoms with Gasteiger partial charge in [-0.2, -0.15) is 0 Å². The van der Waals surface area contributed by atoms with E-state index in [2.05, 4.69) is 18.2 Å². The molecule has 0 radical (unpaired) electrons. The van der Waals surface area contributed by atoms with Crippen LogP contribution in [0.5, 0.6) is 0 Å². The Kier molecular flexibility index (Phi) is 4.68. The van der Waals surface area contributed by atoms with Gasteiger partial charge in [-0.05, 0) is 30.4 Å². The molecule has 3 aliphatic rings. The average Bonchev–Trinajstić information content (AvgIpc) is 2.62. The molecule has 0 aromatic heterocycles. The van der Waals surface area contributed by atoms with Crippen molar-refractivity contribution in [1.82, 2.24) is 0 Å². The molecule has 0 bridgehead atoms. The second kappa shape index (κ2) is 6.78. The van der Waals surface area contributed by atoms with Gasteiger partial charge < -0.3 is 14.6 Å². The van der Waals surface area contributed by atoms with Gasteiger partial charge in [0.05, 0.1) is 13.2 Å². The van der Waals surface area contributed by atoms with Gasteiger partial charge in [-0.3, -0.25) is 0 Å². The van der Waals surface area contributed by atoms with Gasteiger partial charge in [-0.25, -0.2) is 0 Å². The van der Waals surface area contributed by atoms with Crippen molar-refractivity contribution in [2.75, 3.05) is 13.2 Å². The number of benzene rings is 1. The summed E-state index contributed by atoms with van der Waals surface area (Å²) in [5, 5.41) is 11.9. The highest BCUT2D eigenvalue weighted by molar-refractivity contribution is 5.49. The monoisotopic (exact) mass is 330 g/mol. The summed E-state index contributed by atoms with van der Waals surface area (Å²) in [5.41, 5.74) is 1.35. The molecule has 132 valence electrons. The van der Waals surface area contributed by atoms with Gasteiger partial charge in [0.15, 0.2) is 5.60 Å². The third kappa shape index (κ3) is 2.53. The Balaban J connectivity index is 1.71. The first kappa shape index (κ1) is 16.6. The number of fused-ring (bicyclic) bond motifs is 5. The van der Waals surface area contributed by atoms with Crippen LogP contribution in [0.25, 0.3) is 0 Å². The molecule has 3 nitrogen and oxygen atoms in total. The van der Waals surface area contributed by atoms with Crippen LogP contribution in [-0.4, -0.2) is 24.1 Å². The van der Waals surface area contributed by atoms with Crippen LogP contribution in [0, 0.1) is 0 Å². The Morgan fingerprint density at radius 2 is 1.50 bits per heavy atom. The molecule has 1 saturated carbocycles. The lowest BCUT2D eigenvalue weighted by Gasteiger charge is -2.58. The normalized spacial score (nSPS) is 33.5. The van der Waals surface area contributed by atoms with Crippen molar-refractivity contribution in [2.45, 2.75) is 81.5 Å². The van der Waals surface area contributed by atoms with E-state index in [9.17, 15) is 5.11 Å². The minimum Gasteiger partial charge on any atom is -0.379 e. The molecule has 3 heteroatoms. The molecule has 2 aliphatic carbocycles. The third-order valence-electron chi connectivity index (χ3n) is 6.29. The lowest BCUT2D eigenvalue weighted by Crippen LogP contribution is -2.64. The number of hydrogen-bond donors (Lipinski definition) is 1. The van der Waals surface area contributed by atoms with Crippen LogP contribution in [0.1, 0.15) is 81.3 Å². The summed E-state index contributed by atoms with van der Waals surface area (Å²) in [6.45, 7) is 1.38. The Hall–Kier alpha value is -0.900. The molecule has 0 unspecified atom stereocenters. The molecular formula is C21H30O3. The maximum atomic E-state index is 11.9. The largest absolute Gasteiger partial charge is 0.379 e. The van der Waals surface area contributed by atoms with Crippen LogP contribution < -0.4 is 0 Å². The van der Waals surface area contributed by atoms with E-state index in [0.29, 0.717) is 13.2 Å². The fourth-order valence-electron chi connectivity index (χ4n) is 5.04. The van der Waals surface area contributed by atoms with Gasteiger partial charge in [0.1, 0.15) is 0 Å². The van der Waals surface area contributed by atoms with Crippen LogP contribution in [0.15, 0.2) is 24.3 Å². The van der Waals surface area contributed by atoms with Gasteiger partial charge in [0.2, 0.25) is 5.79 Å². The highest BCUT2D eigenvalue weighted by atomic mass is 16.7. The van der Waals surface area contributed by atoms with Crippen LogP contribution >= 0.6 is 0 Å². The Labute approximate surface area is 145 Å². The SMILES string of the molecule is O[C@]12c3ccccc3[C@H]1CCCCCCCCCC21OCCCO1. The minimum atomic E-state index is -0.983. The molecule has 1 spiro atoms. The van der Waals surface area contributed by atoms with E-state index in [-0.39, 0.29) is 5.92 Å². The first-order valence-electron chi connectivity index (χ1n) is 9.88. The number of hydrogen-bond acceptors (Lipinski definition) is 3. The van der Waals surface area contributed by atoms with Gasteiger partial charge in [-0.15, -0.1) is 0 Å². The third-order valence-corrected chi connectivity index (χ3v) is 6.29. The number of aliphatic hydroxyl groups is 1. The van der Waals surface area contributed by atoms with Gasteiger partial charge in [0, 0.05) is 12.3 Å². The van der Waals surface area contributed by atoms with Crippen molar-refractivity contribution in [3.8, 4) is 0 Å². The summed E-state index contributed by atoms with van der Waals surface area (Å²) < 4.78 is 12.5. The van der Waals surface area contributed by atoms with Crippen molar-refractivity contribution in [2.24, 2.45) is 0 Å². The summed E-state index contributed by atoms with van der Waals surface area (Å²) in [6.07, 6.45) is 11.4. The van der Waals surface area contributed by atoms with Gasteiger partial charge in [-0.1, -0.05) is 62.8 Å². The molecule has 2 fully saturated rings. The summed E-state index contributed by atoms with van der Waals surface area (Å²) in [6, 6.07) is 8.36. The molecule has 1 aromatic carbocycles. The number of rotatable bonds is 0. The number of ether oxygens (including phenoxy) is 2. The molecule has 1 aliphatic heterocycles. The summed E-state index contributed by atoms with van der Waals surface area (Å²) >= 11 is 0. The van der Waals surface area contributed by atoms with Crippen molar-refractivity contribution in [1.29, 1.82) is 0 Å². The standard InChI is InChI=1S/C21H30O3/c22-21-18(17-11-7-8-13-19(17)21)12-6-4-2-1-3-5-9-14-20(21)23-15-10-16-24-20/h7-8,11,13,18,22H,1-6,9-10,12,14-16H2/t18-,21+/m1/s1. The lowest BCUT2D eigenvalue weighted by molar-refractivity contribution is -0.364. The highest BCUT2D eigenvalue weighted by Gasteiger charge is 2.64. The molecule has 1 N–H and O–H groups in total. The molecule has 2 atom stereocenters. The van der Waals surface area contributed by atoms with Crippen LogP contribution in [-0.2, 0) is 15.1 Å². The Morgan fingerprint density at radius 1 is 0.833 bits per heavy atom. The van der Waals surface area contributed by atoms with Crippen LogP contribution in [0.4, 0.5) is 0 Å². The Bertz CT molecular complexity index is 564. The zero-order valence-electron chi connectivity index (χ0n) is 14.6. The fraction of sp³-hybridized carbons (Fsp3) is 0.714. The summed E-state index contributed by atoms with van der Waals surface area (Å²) in [5.74, 6) is -0.699. The zero-order valence-corrected chi connectivity index (χ0v) is 14.6. The summed E-state index contributed by atoms with van der Waals surface area (Å²) in [7, 11) is 0. The second-order valence-electron chi connectivity index (χ2n) is 7.72. The summed E-state index contributed by atoms with van der Waals surface area (Å²) in [4.78, 5) is 0. The van der Waals surface area contributed by atoms with E-state index < -0.39 is 11.4 Å².